The minimum atomic E-state index is -1.07. The molecule has 0 saturated heterocycles. The Morgan fingerprint density at radius 1 is 1.29 bits per heavy atom. The quantitative estimate of drug-likeness (QED) is 0.717. The van der Waals surface area contributed by atoms with Gasteiger partial charge in [-0.05, 0) is 30.3 Å². The number of hydrogen-bond acceptors (Lipinski definition) is 4. The van der Waals surface area contributed by atoms with Crippen molar-refractivity contribution in [2.75, 3.05) is 5.32 Å². The number of carbonyl (C=O) groups excluding carboxylic acids is 1. The van der Waals surface area contributed by atoms with Crippen molar-refractivity contribution in [1.29, 1.82) is 5.26 Å². The summed E-state index contributed by atoms with van der Waals surface area (Å²) in [5, 5.41) is 11.0. The van der Waals surface area contributed by atoms with Crippen LogP contribution in [0.15, 0.2) is 34.7 Å². The van der Waals surface area contributed by atoms with E-state index in [1.807, 2.05) is 0 Å². The highest BCUT2D eigenvalue weighted by molar-refractivity contribution is 6.33. The highest BCUT2D eigenvalue weighted by Crippen LogP contribution is 2.32. The predicted molar refractivity (Wildman–Crippen MR) is 83.2 cm³/mol. The van der Waals surface area contributed by atoms with Gasteiger partial charge in [-0.3, -0.25) is 4.79 Å². The van der Waals surface area contributed by atoms with Crippen LogP contribution < -0.4 is 5.32 Å². The largest absolute Gasteiger partial charge is 0.436 e. The van der Waals surface area contributed by atoms with Crippen LogP contribution in [0.4, 0.5) is 14.5 Å². The number of nitriles is 1. The molecule has 0 bridgehead atoms. The van der Waals surface area contributed by atoms with Crippen LogP contribution in [0.3, 0.4) is 0 Å². The summed E-state index contributed by atoms with van der Waals surface area (Å²) in [7, 11) is 0. The van der Waals surface area contributed by atoms with Gasteiger partial charge in [0.1, 0.15) is 11.9 Å². The lowest BCUT2D eigenvalue weighted by Gasteiger charge is -2.00. The van der Waals surface area contributed by atoms with Gasteiger partial charge >= 0.3 is 0 Å². The first-order valence-electron chi connectivity index (χ1n) is 6.70. The minimum absolute atomic E-state index is 0.0226. The second-order valence-electron chi connectivity index (χ2n) is 4.83. The molecule has 3 aromatic rings. The fourth-order valence-corrected chi connectivity index (χ4v) is 2.32. The number of benzene rings is 2. The van der Waals surface area contributed by atoms with Crippen molar-refractivity contribution in [3.8, 4) is 17.5 Å². The van der Waals surface area contributed by atoms with Gasteiger partial charge < -0.3 is 9.73 Å². The van der Waals surface area contributed by atoms with Crippen LogP contribution in [0, 0.1) is 23.0 Å². The summed E-state index contributed by atoms with van der Waals surface area (Å²) in [5.41, 5.74) is 1.31. The lowest BCUT2D eigenvalue weighted by atomic mass is 10.2. The van der Waals surface area contributed by atoms with Gasteiger partial charge in [0.2, 0.25) is 11.8 Å². The Morgan fingerprint density at radius 3 is 2.79 bits per heavy atom. The van der Waals surface area contributed by atoms with Gasteiger partial charge in [0.15, 0.2) is 17.2 Å². The zero-order valence-electron chi connectivity index (χ0n) is 11.9. The zero-order valence-corrected chi connectivity index (χ0v) is 12.7. The average Bonchev–Trinajstić information content (AvgIpc) is 2.94. The number of aromatic nitrogens is 1. The van der Waals surface area contributed by atoms with Gasteiger partial charge in [0.25, 0.3) is 0 Å². The molecule has 0 atom stereocenters. The fraction of sp³-hybridized carbons (Fsp3) is 0.0625. The van der Waals surface area contributed by atoms with Crippen LogP contribution >= 0.6 is 11.6 Å². The van der Waals surface area contributed by atoms with Crippen molar-refractivity contribution in [1.82, 2.24) is 4.98 Å². The summed E-state index contributed by atoms with van der Waals surface area (Å²) in [6.45, 7) is 0. The normalized spacial score (nSPS) is 10.6. The van der Waals surface area contributed by atoms with Crippen LogP contribution in [0.2, 0.25) is 5.02 Å². The van der Waals surface area contributed by atoms with E-state index in [0.29, 0.717) is 16.8 Å². The summed E-state index contributed by atoms with van der Waals surface area (Å²) < 4.78 is 32.0. The number of carbonyl (C=O) groups is 1. The Morgan fingerprint density at radius 2 is 2.04 bits per heavy atom. The molecule has 1 amide bonds. The van der Waals surface area contributed by atoms with Gasteiger partial charge in [0, 0.05) is 5.69 Å². The number of anilines is 1. The van der Waals surface area contributed by atoms with Gasteiger partial charge in [0.05, 0.1) is 16.7 Å². The first kappa shape index (κ1) is 15.9. The third-order valence-corrected chi connectivity index (χ3v) is 3.46. The number of halogens is 3. The van der Waals surface area contributed by atoms with Crippen molar-refractivity contribution in [3.63, 3.8) is 0 Å². The van der Waals surface area contributed by atoms with Crippen molar-refractivity contribution >= 4 is 34.3 Å². The number of amides is 1. The molecule has 5 nitrogen and oxygen atoms in total. The second kappa shape index (κ2) is 6.26. The lowest BCUT2D eigenvalue weighted by molar-refractivity contribution is -0.115. The van der Waals surface area contributed by atoms with E-state index >= 15 is 0 Å². The molecule has 0 fully saturated rings. The maximum absolute atomic E-state index is 13.4. The molecule has 0 saturated carbocycles. The molecule has 1 aromatic heterocycles. The van der Waals surface area contributed by atoms with E-state index in [2.05, 4.69) is 10.3 Å². The summed E-state index contributed by atoms with van der Waals surface area (Å²) in [4.78, 5) is 15.6. The molecule has 120 valence electrons. The van der Waals surface area contributed by atoms with Crippen molar-refractivity contribution in [2.24, 2.45) is 0 Å². The number of hydrogen-bond donors (Lipinski definition) is 1. The first-order chi connectivity index (χ1) is 11.5. The molecule has 0 unspecified atom stereocenters. The smallest absolute Gasteiger partial charge is 0.238 e. The van der Waals surface area contributed by atoms with Gasteiger partial charge in [-0.1, -0.05) is 11.6 Å². The molecule has 2 aromatic carbocycles. The first-order valence-corrected chi connectivity index (χ1v) is 7.08. The third-order valence-electron chi connectivity index (χ3n) is 3.15. The number of fused-ring (bicyclic) bond motifs is 1. The predicted octanol–water partition coefficient (Wildman–Crippen LogP) is 4.28. The summed E-state index contributed by atoms with van der Waals surface area (Å²) in [6, 6.07) is 8.14. The van der Waals surface area contributed by atoms with Crippen LogP contribution in [-0.2, 0) is 4.79 Å². The SMILES string of the molecule is N#CCC(=O)Nc1ccc2oc(-c3cc(F)c(F)cc3Cl)nc2c1. The molecule has 3 rings (SSSR count). The van der Waals surface area contributed by atoms with Crippen molar-refractivity contribution < 1.29 is 18.0 Å². The monoisotopic (exact) mass is 347 g/mol. The molecule has 0 spiro atoms. The molecular formula is C16H8ClF2N3O2. The standard InChI is InChI=1S/C16H8ClF2N3O2/c17-10-7-12(19)11(18)6-9(10)16-22-13-5-8(1-2-14(13)24-16)21-15(23)3-4-20/h1-2,5-7H,3H2,(H,21,23). The summed E-state index contributed by atoms with van der Waals surface area (Å²) >= 11 is 5.90. The molecule has 1 heterocycles. The molecule has 0 aliphatic heterocycles. The Labute approximate surface area is 139 Å². The molecule has 24 heavy (non-hydrogen) atoms. The van der Waals surface area contributed by atoms with Gasteiger partial charge in [-0.25, -0.2) is 13.8 Å². The Hall–Kier alpha value is -2.98. The topological polar surface area (TPSA) is 78.9 Å². The average molecular weight is 348 g/mol. The third kappa shape index (κ3) is 3.05. The summed E-state index contributed by atoms with van der Waals surface area (Å²) in [5.74, 6) is -2.57. The molecule has 0 aliphatic carbocycles. The van der Waals surface area contributed by atoms with E-state index in [-0.39, 0.29) is 22.9 Å². The van der Waals surface area contributed by atoms with Crippen LogP contribution in [0.5, 0.6) is 0 Å². The highest BCUT2D eigenvalue weighted by atomic mass is 35.5. The highest BCUT2D eigenvalue weighted by Gasteiger charge is 2.16. The van der Waals surface area contributed by atoms with E-state index in [0.717, 1.165) is 12.1 Å². The lowest BCUT2D eigenvalue weighted by Crippen LogP contribution is -2.09. The summed E-state index contributed by atoms with van der Waals surface area (Å²) in [6.07, 6.45) is -0.271. The van der Waals surface area contributed by atoms with Crippen molar-refractivity contribution in [3.05, 3.63) is 47.0 Å². The van der Waals surface area contributed by atoms with E-state index in [4.69, 9.17) is 21.3 Å². The fourth-order valence-electron chi connectivity index (χ4n) is 2.08. The Kier molecular flexibility index (Phi) is 4.15. The van der Waals surface area contributed by atoms with E-state index in [9.17, 15) is 13.6 Å². The van der Waals surface area contributed by atoms with Gasteiger partial charge in [-0.2, -0.15) is 5.26 Å². The Bertz CT molecular complexity index is 995. The Balaban J connectivity index is 1.99. The molecule has 0 radical (unpaired) electrons. The van der Waals surface area contributed by atoms with Crippen molar-refractivity contribution in [2.45, 2.75) is 6.42 Å². The van der Waals surface area contributed by atoms with Crippen LogP contribution in [0.1, 0.15) is 6.42 Å². The maximum Gasteiger partial charge on any atom is 0.238 e. The van der Waals surface area contributed by atoms with Gasteiger partial charge in [-0.15, -0.1) is 0 Å². The number of oxazole rings is 1. The van der Waals surface area contributed by atoms with E-state index < -0.39 is 17.5 Å². The minimum Gasteiger partial charge on any atom is -0.436 e. The maximum atomic E-state index is 13.4. The molecular weight excluding hydrogens is 340 g/mol. The second-order valence-corrected chi connectivity index (χ2v) is 5.24. The molecule has 8 heteroatoms. The van der Waals surface area contributed by atoms with E-state index in [1.165, 1.54) is 6.07 Å². The molecule has 1 N–H and O–H groups in total. The number of rotatable bonds is 3. The van der Waals surface area contributed by atoms with Crippen LogP contribution in [0.25, 0.3) is 22.6 Å². The van der Waals surface area contributed by atoms with E-state index in [1.54, 1.807) is 18.2 Å². The zero-order chi connectivity index (χ0) is 17.3. The number of nitrogens with zero attached hydrogens (tertiary/aromatic N) is 2. The van der Waals surface area contributed by atoms with Crippen LogP contribution in [-0.4, -0.2) is 10.9 Å². The molecule has 0 aliphatic rings. The number of nitrogens with one attached hydrogen (secondary N) is 1.